The Morgan fingerprint density at radius 3 is 2.00 bits per heavy atom. The highest BCUT2D eigenvalue weighted by Gasteiger charge is 2.24. The first-order valence-electron chi connectivity index (χ1n) is 11.9. The SMILES string of the molecule is COc1nc(N2CCN(C)CC2)nc(OCCOCCOCCOCCO)c1Sc1nc(N)cc(N)n1. The quantitative estimate of drug-likeness (QED) is 0.188. The molecule has 0 unspecified atom stereocenters. The van der Waals surface area contributed by atoms with Crippen molar-refractivity contribution in [3.63, 3.8) is 0 Å². The van der Waals surface area contributed by atoms with Gasteiger partial charge in [0.15, 0.2) is 5.16 Å². The number of ether oxygens (including phenoxy) is 5. The van der Waals surface area contributed by atoms with E-state index in [-0.39, 0.29) is 24.8 Å². The van der Waals surface area contributed by atoms with Gasteiger partial charge < -0.3 is 50.1 Å². The number of nitrogens with zero attached hydrogens (tertiary/aromatic N) is 6. The zero-order chi connectivity index (χ0) is 26.5. The molecule has 0 radical (unpaired) electrons. The number of likely N-dealkylation sites (N-methyl/N-ethyl adjacent to an activating group) is 1. The van der Waals surface area contributed by atoms with E-state index in [0.717, 1.165) is 37.9 Å². The smallest absolute Gasteiger partial charge is 0.236 e. The third-order valence-corrected chi connectivity index (χ3v) is 6.07. The third kappa shape index (κ3) is 9.60. The molecule has 0 amide bonds. The van der Waals surface area contributed by atoms with Crippen LogP contribution in [0.1, 0.15) is 0 Å². The maximum Gasteiger partial charge on any atom is 0.236 e. The Hall–Kier alpha value is -2.69. The zero-order valence-corrected chi connectivity index (χ0v) is 22.1. The Labute approximate surface area is 220 Å². The molecule has 1 aliphatic heterocycles. The van der Waals surface area contributed by atoms with Gasteiger partial charge in [0.2, 0.25) is 17.7 Å². The van der Waals surface area contributed by atoms with E-state index in [1.165, 1.54) is 13.2 Å². The van der Waals surface area contributed by atoms with Crippen molar-refractivity contribution in [3.05, 3.63) is 6.07 Å². The first-order valence-corrected chi connectivity index (χ1v) is 12.8. The first kappa shape index (κ1) is 28.9. The van der Waals surface area contributed by atoms with Gasteiger partial charge in [-0.3, -0.25) is 0 Å². The Morgan fingerprint density at radius 2 is 1.41 bits per heavy atom. The Balaban J connectivity index is 1.64. The topological polar surface area (TPSA) is 176 Å². The lowest BCUT2D eigenvalue weighted by atomic mass is 10.3. The molecule has 1 saturated heterocycles. The van der Waals surface area contributed by atoms with Gasteiger partial charge in [0.05, 0.1) is 53.4 Å². The highest BCUT2D eigenvalue weighted by Crippen LogP contribution is 2.40. The molecule has 1 fully saturated rings. The lowest BCUT2D eigenvalue weighted by Crippen LogP contribution is -2.45. The maximum absolute atomic E-state index is 8.67. The van der Waals surface area contributed by atoms with Crippen LogP contribution >= 0.6 is 11.8 Å². The fraction of sp³-hybridized carbons (Fsp3) is 0.636. The maximum atomic E-state index is 8.67. The molecular formula is C22H36N8O6S. The van der Waals surface area contributed by atoms with Crippen molar-refractivity contribution in [2.24, 2.45) is 0 Å². The second kappa shape index (κ2) is 15.5. The highest BCUT2D eigenvalue weighted by atomic mass is 32.2. The average Bonchev–Trinajstić information content (AvgIpc) is 2.87. The van der Waals surface area contributed by atoms with E-state index in [1.807, 2.05) is 0 Å². The fourth-order valence-electron chi connectivity index (χ4n) is 3.27. The molecule has 3 heterocycles. The van der Waals surface area contributed by atoms with Crippen molar-refractivity contribution < 1.29 is 28.8 Å². The monoisotopic (exact) mass is 540 g/mol. The second-order valence-electron chi connectivity index (χ2n) is 7.97. The Kier molecular flexibility index (Phi) is 12.1. The number of piperazine rings is 1. The number of methoxy groups -OCH3 is 1. The van der Waals surface area contributed by atoms with Crippen LogP contribution in [0.4, 0.5) is 17.6 Å². The number of rotatable bonds is 16. The summed E-state index contributed by atoms with van der Waals surface area (Å²) < 4.78 is 27.8. The van der Waals surface area contributed by atoms with Gasteiger partial charge in [0.25, 0.3) is 0 Å². The van der Waals surface area contributed by atoms with Crippen LogP contribution in [0.5, 0.6) is 11.8 Å². The number of anilines is 3. The van der Waals surface area contributed by atoms with Gasteiger partial charge in [-0.15, -0.1) is 0 Å². The molecule has 0 aliphatic carbocycles. The summed E-state index contributed by atoms with van der Waals surface area (Å²) in [5.74, 6) is 1.70. The molecule has 2 aromatic rings. The van der Waals surface area contributed by atoms with Crippen LogP contribution in [0.15, 0.2) is 16.1 Å². The van der Waals surface area contributed by atoms with Crippen molar-refractivity contribution in [2.45, 2.75) is 10.1 Å². The first-order chi connectivity index (χ1) is 18.0. The van der Waals surface area contributed by atoms with E-state index >= 15 is 0 Å². The van der Waals surface area contributed by atoms with E-state index in [1.54, 1.807) is 0 Å². The van der Waals surface area contributed by atoms with Crippen LogP contribution in [-0.2, 0) is 14.2 Å². The van der Waals surface area contributed by atoms with Crippen molar-refractivity contribution in [2.75, 3.05) is 110 Å². The molecule has 0 saturated carbocycles. The fourth-order valence-corrected chi connectivity index (χ4v) is 4.17. The third-order valence-electron chi connectivity index (χ3n) is 5.16. The number of nitrogen functional groups attached to an aromatic ring is 2. The summed E-state index contributed by atoms with van der Waals surface area (Å²) in [6.45, 7) is 5.94. The van der Waals surface area contributed by atoms with Gasteiger partial charge in [0, 0.05) is 32.2 Å². The molecule has 15 heteroatoms. The number of aromatic nitrogens is 4. The van der Waals surface area contributed by atoms with Crippen LogP contribution in [-0.4, -0.2) is 123 Å². The molecule has 37 heavy (non-hydrogen) atoms. The lowest BCUT2D eigenvalue weighted by molar-refractivity contribution is 0.00327. The summed E-state index contributed by atoms with van der Waals surface area (Å²) in [4.78, 5) is 22.7. The molecule has 2 aromatic heterocycles. The number of aliphatic hydroxyl groups is 1. The van der Waals surface area contributed by atoms with Crippen LogP contribution in [0.25, 0.3) is 0 Å². The van der Waals surface area contributed by atoms with Gasteiger partial charge in [-0.1, -0.05) is 0 Å². The predicted molar refractivity (Wildman–Crippen MR) is 138 cm³/mol. The average molecular weight is 541 g/mol. The minimum atomic E-state index is -0.00110. The molecule has 0 atom stereocenters. The molecule has 14 nitrogen and oxygen atoms in total. The Bertz CT molecular complexity index is 947. The van der Waals surface area contributed by atoms with Gasteiger partial charge >= 0.3 is 0 Å². The lowest BCUT2D eigenvalue weighted by Gasteiger charge is -2.32. The number of hydrogen-bond acceptors (Lipinski definition) is 15. The summed E-state index contributed by atoms with van der Waals surface area (Å²) in [5, 5.41) is 9.00. The summed E-state index contributed by atoms with van der Waals surface area (Å²) in [6.07, 6.45) is 0. The predicted octanol–water partition coefficient (Wildman–Crippen LogP) is -0.236. The largest absolute Gasteiger partial charge is 0.480 e. The van der Waals surface area contributed by atoms with Crippen LogP contribution < -0.4 is 25.8 Å². The van der Waals surface area contributed by atoms with Gasteiger partial charge in [0.1, 0.15) is 23.1 Å². The van der Waals surface area contributed by atoms with Gasteiger partial charge in [-0.25, -0.2) is 9.97 Å². The highest BCUT2D eigenvalue weighted by molar-refractivity contribution is 7.99. The number of nitrogens with two attached hydrogens (primary N) is 2. The molecule has 0 spiro atoms. The van der Waals surface area contributed by atoms with Gasteiger partial charge in [-0.2, -0.15) is 9.97 Å². The summed E-state index contributed by atoms with van der Waals surface area (Å²) >= 11 is 1.16. The molecule has 3 rings (SSSR count). The van der Waals surface area contributed by atoms with E-state index in [0.29, 0.717) is 67.4 Å². The molecule has 0 bridgehead atoms. The van der Waals surface area contributed by atoms with E-state index < -0.39 is 0 Å². The molecule has 1 aliphatic rings. The summed E-state index contributed by atoms with van der Waals surface area (Å²) in [5.41, 5.74) is 11.7. The molecule has 206 valence electrons. The van der Waals surface area contributed by atoms with E-state index in [9.17, 15) is 0 Å². The minimum Gasteiger partial charge on any atom is -0.480 e. The normalized spacial score (nSPS) is 14.2. The van der Waals surface area contributed by atoms with Crippen molar-refractivity contribution >= 4 is 29.3 Å². The minimum absolute atomic E-state index is 0.00110. The summed E-state index contributed by atoms with van der Waals surface area (Å²) in [7, 11) is 3.62. The molecule has 5 N–H and O–H groups in total. The van der Waals surface area contributed by atoms with Gasteiger partial charge in [-0.05, 0) is 18.8 Å². The van der Waals surface area contributed by atoms with E-state index in [4.69, 9.17) is 45.2 Å². The van der Waals surface area contributed by atoms with Crippen molar-refractivity contribution in [3.8, 4) is 11.8 Å². The van der Waals surface area contributed by atoms with Crippen LogP contribution in [0.3, 0.4) is 0 Å². The van der Waals surface area contributed by atoms with Crippen LogP contribution in [0, 0.1) is 0 Å². The molecular weight excluding hydrogens is 504 g/mol. The Morgan fingerprint density at radius 1 is 0.838 bits per heavy atom. The van der Waals surface area contributed by atoms with E-state index in [2.05, 4.69) is 31.8 Å². The van der Waals surface area contributed by atoms with Crippen molar-refractivity contribution in [1.82, 2.24) is 24.8 Å². The summed E-state index contributed by atoms with van der Waals surface area (Å²) in [6, 6.07) is 1.48. The zero-order valence-electron chi connectivity index (χ0n) is 21.3. The van der Waals surface area contributed by atoms with Crippen LogP contribution in [0.2, 0.25) is 0 Å². The number of aliphatic hydroxyl groups excluding tert-OH is 1. The number of hydrogen-bond donors (Lipinski definition) is 3. The second-order valence-corrected chi connectivity index (χ2v) is 8.95. The molecule has 0 aromatic carbocycles. The van der Waals surface area contributed by atoms with Crippen molar-refractivity contribution in [1.29, 1.82) is 0 Å². The standard InChI is InChI=1S/C22H36N8O6S/c1-29-3-5-30(6-4-29)21-27-19(32-2)18(37-22-25-16(23)15-17(24)26-22)20(28-21)36-14-13-35-12-11-34-10-9-33-8-7-31/h15,31H,3-14H2,1-2H3,(H4,23,24,25,26).